The number of hydrogen-bond donors (Lipinski definition) is 4. The van der Waals surface area contributed by atoms with Crippen molar-refractivity contribution in [2.75, 3.05) is 40.5 Å². The molecule has 4 N–H and O–H groups in total. The molecular weight excluding hydrogens is 480 g/mol. The van der Waals surface area contributed by atoms with Crippen molar-refractivity contribution in [1.29, 1.82) is 0 Å². The Hall–Kier alpha value is -2.48. The molecule has 0 spiro atoms. The minimum atomic E-state index is -1.49. The zero-order chi connectivity index (χ0) is 26.4. The second-order valence-electron chi connectivity index (χ2n) is 10.1. The number of aliphatic hydroxyl groups is 4. The number of quaternary nitrogens is 1. The maximum atomic E-state index is 10.1. The summed E-state index contributed by atoms with van der Waals surface area (Å²) >= 11 is 0. The van der Waals surface area contributed by atoms with Gasteiger partial charge < -0.3 is 39.1 Å². The van der Waals surface area contributed by atoms with E-state index >= 15 is 0 Å². The molecule has 202 valence electrons. The van der Waals surface area contributed by atoms with Crippen LogP contribution in [0.3, 0.4) is 0 Å². The molecule has 1 aliphatic heterocycles. The van der Waals surface area contributed by atoms with Crippen LogP contribution in [0.4, 0.5) is 0 Å². The molecule has 0 saturated carbocycles. The van der Waals surface area contributed by atoms with Crippen molar-refractivity contribution in [2.24, 2.45) is 0 Å². The number of fused-ring (bicyclic) bond motifs is 1. The smallest absolute Gasteiger partial charge is 0.187 e. The molecule has 3 aromatic rings. The van der Waals surface area contributed by atoms with Crippen molar-refractivity contribution in [3.05, 3.63) is 59.9 Å². The fourth-order valence-electron chi connectivity index (χ4n) is 4.37. The van der Waals surface area contributed by atoms with Gasteiger partial charge in [-0.25, -0.2) is 4.68 Å². The highest BCUT2D eigenvalue weighted by atomic mass is 16.7. The van der Waals surface area contributed by atoms with E-state index in [2.05, 4.69) is 66.9 Å². The van der Waals surface area contributed by atoms with E-state index in [9.17, 15) is 20.4 Å². The lowest BCUT2D eigenvalue weighted by molar-refractivity contribution is -0.904. The number of aliphatic hydroxyl groups excluding tert-OH is 4. The maximum absolute atomic E-state index is 10.1. The van der Waals surface area contributed by atoms with E-state index in [1.807, 2.05) is 0 Å². The average molecular weight is 518 g/mol. The van der Waals surface area contributed by atoms with Crippen LogP contribution in [0.1, 0.15) is 11.3 Å². The molecule has 0 amide bonds. The first-order chi connectivity index (χ1) is 17.8. The third-order valence-corrected chi connectivity index (χ3v) is 6.56. The lowest BCUT2D eigenvalue weighted by Crippen LogP contribution is -2.59. The first-order valence-corrected chi connectivity index (χ1v) is 12.4. The van der Waals surface area contributed by atoms with Gasteiger partial charge in [0.2, 0.25) is 0 Å². The van der Waals surface area contributed by atoms with Crippen LogP contribution in [0, 0.1) is 0 Å². The van der Waals surface area contributed by atoms with Crippen LogP contribution in [0.25, 0.3) is 10.8 Å². The quantitative estimate of drug-likeness (QED) is 0.194. The number of rotatable bonds is 12. The highest BCUT2D eigenvalue weighted by molar-refractivity contribution is 5.82. The van der Waals surface area contributed by atoms with Crippen LogP contribution in [0.5, 0.6) is 0 Å². The van der Waals surface area contributed by atoms with Crippen LogP contribution < -0.4 is 0 Å². The lowest BCUT2D eigenvalue weighted by Gasteiger charge is -2.39. The molecule has 0 radical (unpaired) electrons. The summed E-state index contributed by atoms with van der Waals surface area (Å²) in [6.07, 6.45) is -4.89. The van der Waals surface area contributed by atoms with Gasteiger partial charge in [-0.2, -0.15) is 0 Å². The fourth-order valence-corrected chi connectivity index (χ4v) is 4.37. The Morgan fingerprint density at radius 1 is 1.00 bits per heavy atom. The second-order valence-corrected chi connectivity index (χ2v) is 10.1. The number of ether oxygens (including phenoxy) is 3. The van der Waals surface area contributed by atoms with Gasteiger partial charge in [0, 0.05) is 5.56 Å². The lowest BCUT2D eigenvalue weighted by atomic mass is 9.99. The first-order valence-electron chi connectivity index (χ1n) is 12.4. The van der Waals surface area contributed by atoms with Crippen molar-refractivity contribution >= 4 is 10.8 Å². The molecule has 0 aliphatic carbocycles. The molecule has 0 unspecified atom stereocenters. The number of benzene rings is 2. The van der Waals surface area contributed by atoms with E-state index < -0.39 is 37.3 Å². The summed E-state index contributed by atoms with van der Waals surface area (Å²) in [6, 6.07) is 15.0. The van der Waals surface area contributed by atoms with E-state index in [0.717, 1.165) is 17.6 Å². The van der Waals surface area contributed by atoms with Crippen LogP contribution in [0.2, 0.25) is 0 Å². The normalized spacial score (nSPS) is 24.5. The van der Waals surface area contributed by atoms with E-state index in [4.69, 9.17) is 14.2 Å². The Kier molecular flexibility index (Phi) is 9.22. The topological polar surface area (TPSA) is 139 Å². The molecule has 2 aromatic carbocycles. The number of nitrogens with zero attached hydrogens (tertiary/aromatic N) is 4. The highest BCUT2D eigenvalue weighted by Gasteiger charge is 2.44. The Morgan fingerprint density at radius 3 is 2.57 bits per heavy atom. The summed E-state index contributed by atoms with van der Waals surface area (Å²) in [5.74, 6) is 0. The molecule has 0 bridgehead atoms. The van der Waals surface area contributed by atoms with Crippen molar-refractivity contribution in [2.45, 2.75) is 50.4 Å². The molecule has 5 atom stereocenters. The van der Waals surface area contributed by atoms with Gasteiger partial charge in [-0.15, -0.1) is 5.10 Å². The third kappa shape index (κ3) is 7.30. The molecule has 1 aliphatic rings. The molecule has 11 heteroatoms. The van der Waals surface area contributed by atoms with Crippen LogP contribution in [-0.4, -0.2) is 111 Å². The van der Waals surface area contributed by atoms with E-state index in [-0.39, 0.29) is 6.61 Å². The Labute approximate surface area is 216 Å². The van der Waals surface area contributed by atoms with E-state index in [1.54, 1.807) is 10.9 Å². The summed E-state index contributed by atoms with van der Waals surface area (Å²) < 4.78 is 19.1. The van der Waals surface area contributed by atoms with Gasteiger partial charge in [-0.1, -0.05) is 41.6 Å². The summed E-state index contributed by atoms with van der Waals surface area (Å²) in [7, 11) is 4.38. The second kappa shape index (κ2) is 12.4. The van der Waals surface area contributed by atoms with Gasteiger partial charge >= 0.3 is 0 Å². The summed E-state index contributed by atoms with van der Waals surface area (Å²) in [4.78, 5) is 0. The monoisotopic (exact) mass is 517 g/mol. The largest absolute Gasteiger partial charge is 0.394 e. The van der Waals surface area contributed by atoms with Gasteiger partial charge in [0.05, 0.1) is 53.3 Å². The summed E-state index contributed by atoms with van der Waals surface area (Å²) in [5.41, 5.74) is 1.80. The molecule has 37 heavy (non-hydrogen) atoms. The minimum Gasteiger partial charge on any atom is -0.394 e. The molecular formula is C26H37N4O7+. The van der Waals surface area contributed by atoms with Crippen LogP contribution >= 0.6 is 0 Å². The predicted molar refractivity (Wildman–Crippen MR) is 134 cm³/mol. The molecule has 11 nitrogen and oxygen atoms in total. The van der Waals surface area contributed by atoms with E-state index in [1.165, 1.54) is 16.3 Å². The molecule has 1 aromatic heterocycles. The van der Waals surface area contributed by atoms with E-state index in [0.29, 0.717) is 25.5 Å². The van der Waals surface area contributed by atoms with Gasteiger partial charge in [0.15, 0.2) is 6.29 Å². The maximum Gasteiger partial charge on any atom is 0.187 e. The Balaban J connectivity index is 1.16. The van der Waals surface area contributed by atoms with Crippen LogP contribution in [0.15, 0.2) is 48.7 Å². The zero-order valence-corrected chi connectivity index (χ0v) is 21.3. The van der Waals surface area contributed by atoms with Crippen molar-refractivity contribution in [3.8, 4) is 0 Å². The number of aromatic nitrogens is 3. The molecule has 2 heterocycles. The zero-order valence-electron chi connectivity index (χ0n) is 21.3. The summed E-state index contributed by atoms with van der Waals surface area (Å²) in [5, 5.41) is 49.6. The fraction of sp³-hybridized carbons (Fsp3) is 0.538. The molecule has 1 saturated heterocycles. The average Bonchev–Trinajstić information content (AvgIpc) is 3.34. The summed E-state index contributed by atoms with van der Waals surface area (Å²) in [6.45, 7) is 2.85. The minimum absolute atomic E-state index is 0.0238. The Morgan fingerprint density at radius 2 is 1.78 bits per heavy atom. The van der Waals surface area contributed by atoms with Crippen molar-refractivity contribution in [1.82, 2.24) is 15.0 Å². The van der Waals surface area contributed by atoms with Gasteiger partial charge in [0.1, 0.15) is 43.2 Å². The van der Waals surface area contributed by atoms with Gasteiger partial charge in [-0.05, 0) is 16.8 Å². The van der Waals surface area contributed by atoms with Crippen molar-refractivity contribution in [3.63, 3.8) is 0 Å². The molecule has 4 rings (SSSR count). The standard InChI is InChI=1S/C26H37N4O7/c1-30(2,15-18-7-8-19-5-3-4-6-20(19)13-18)10-12-35-11-9-29-14-21(27-28-29)17-36-26-25(34)24(33)23(32)22(16-31)37-26/h3-8,13-14,22-26,31-34H,9-12,15-17H2,1-2H3/q+1/t22-,23-,24+,25-,26+/m1/s1. The first kappa shape index (κ1) is 27.6. The third-order valence-electron chi connectivity index (χ3n) is 6.56. The Bertz CT molecular complexity index is 1140. The SMILES string of the molecule is C[N+](C)(CCOCCn1cc(CO[C@H]2O[C@H](CO)[C@@H](O)[C@H](O)[C@H]2O)nn1)Cc1ccc2ccccc2c1. The number of hydrogen-bond acceptors (Lipinski definition) is 9. The predicted octanol–water partition coefficient (Wildman–Crippen LogP) is 0.0410. The van der Waals surface area contributed by atoms with Crippen LogP contribution in [-0.2, 0) is 33.9 Å². The number of likely N-dealkylation sites (N-methyl/N-ethyl adjacent to an activating group) is 1. The molecule has 1 fully saturated rings. The van der Waals surface area contributed by atoms with Gasteiger partial charge in [-0.3, -0.25) is 0 Å². The van der Waals surface area contributed by atoms with Crippen molar-refractivity contribution < 1.29 is 39.1 Å². The van der Waals surface area contributed by atoms with Gasteiger partial charge in [0.25, 0.3) is 0 Å². The highest BCUT2D eigenvalue weighted by Crippen LogP contribution is 2.22.